The molecule has 1 unspecified atom stereocenters. The van der Waals surface area contributed by atoms with Gasteiger partial charge in [-0.05, 0) is 18.1 Å². The summed E-state index contributed by atoms with van der Waals surface area (Å²) in [5.74, 6) is -0.650. The molecule has 0 radical (unpaired) electrons. The van der Waals surface area contributed by atoms with Crippen LogP contribution in [0, 0.1) is 17.2 Å². The molecule has 0 aromatic heterocycles. The second-order valence-corrected chi connectivity index (χ2v) is 6.99. The average molecular weight is 389 g/mol. The van der Waals surface area contributed by atoms with Gasteiger partial charge >= 0.3 is 0 Å². The average Bonchev–Trinajstić information content (AvgIpc) is 3.07. The lowest BCUT2D eigenvalue weighted by molar-refractivity contribution is 0.0983. The molecule has 144 valence electrons. The molecule has 0 N–H and O–H groups in total. The Morgan fingerprint density at radius 2 is 1.37 bits per heavy atom. The van der Waals surface area contributed by atoms with Crippen molar-refractivity contribution < 1.29 is 4.79 Å². The quantitative estimate of drug-likeness (QED) is 0.344. The van der Waals surface area contributed by atoms with Crippen molar-refractivity contribution in [2.45, 2.75) is 6.92 Å². The summed E-state index contributed by atoms with van der Waals surface area (Å²) in [6.45, 7) is 1.79. The lowest BCUT2D eigenvalue weighted by Crippen LogP contribution is -2.17. The minimum absolute atomic E-state index is 0.0514. The number of ketones is 1. The summed E-state index contributed by atoms with van der Waals surface area (Å²) in [6.07, 6.45) is 1.44. The number of carbonyl (C=O) groups excluding carboxylic acids is 1. The lowest BCUT2D eigenvalue weighted by Gasteiger charge is -2.10. The Hall–Kier alpha value is -4.10. The van der Waals surface area contributed by atoms with Crippen LogP contribution in [0.15, 0.2) is 101 Å². The topological polar surface area (TPSA) is 65.6 Å². The molecule has 4 nitrogen and oxygen atoms in total. The van der Waals surface area contributed by atoms with Crippen LogP contribution in [-0.4, -0.2) is 17.2 Å². The van der Waals surface area contributed by atoms with Crippen molar-refractivity contribution in [3.8, 4) is 6.07 Å². The minimum Gasteiger partial charge on any atom is -0.293 e. The van der Waals surface area contributed by atoms with Crippen molar-refractivity contribution in [2.24, 2.45) is 16.1 Å². The van der Waals surface area contributed by atoms with Gasteiger partial charge in [0.15, 0.2) is 5.78 Å². The fourth-order valence-corrected chi connectivity index (χ4v) is 3.71. The first-order valence-corrected chi connectivity index (χ1v) is 9.67. The molecule has 0 heterocycles. The van der Waals surface area contributed by atoms with Gasteiger partial charge in [-0.1, -0.05) is 84.9 Å². The number of nitriles is 1. The predicted octanol–water partition coefficient (Wildman–Crippen LogP) is 5.32. The number of benzene rings is 3. The summed E-state index contributed by atoms with van der Waals surface area (Å²) in [5.41, 5.74) is 5.25. The molecule has 4 rings (SSSR count). The van der Waals surface area contributed by atoms with Crippen LogP contribution in [0.25, 0.3) is 5.57 Å². The summed E-state index contributed by atoms with van der Waals surface area (Å²) >= 11 is 0. The zero-order valence-electron chi connectivity index (χ0n) is 16.5. The summed E-state index contributed by atoms with van der Waals surface area (Å²) in [6, 6.07) is 29.1. The molecule has 0 amide bonds. The van der Waals surface area contributed by atoms with Gasteiger partial charge in [0.1, 0.15) is 5.71 Å². The zero-order chi connectivity index (χ0) is 20.9. The van der Waals surface area contributed by atoms with E-state index < -0.39 is 5.92 Å². The van der Waals surface area contributed by atoms with Gasteiger partial charge in [-0.2, -0.15) is 10.4 Å². The van der Waals surface area contributed by atoms with E-state index in [1.807, 2.05) is 78.9 Å². The Kier molecular flexibility index (Phi) is 5.45. The van der Waals surface area contributed by atoms with Crippen LogP contribution < -0.4 is 0 Å². The van der Waals surface area contributed by atoms with E-state index in [1.165, 1.54) is 6.08 Å². The molecule has 1 atom stereocenters. The molecule has 0 bridgehead atoms. The molecule has 0 aliphatic heterocycles. The number of fused-ring (bicyclic) bond motifs is 1. The van der Waals surface area contributed by atoms with E-state index in [0.717, 1.165) is 22.4 Å². The van der Waals surface area contributed by atoms with E-state index >= 15 is 0 Å². The van der Waals surface area contributed by atoms with Gasteiger partial charge in [0, 0.05) is 22.8 Å². The molecule has 0 spiro atoms. The summed E-state index contributed by atoms with van der Waals surface area (Å²) < 4.78 is 0. The molecular weight excluding hydrogens is 370 g/mol. The molecule has 4 heteroatoms. The maximum atomic E-state index is 13.0. The predicted molar refractivity (Wildman–Crippen MR) is 119 cm³/mol. The van der Waals surface area contributed by atoms with Crippen LogP contribution >= 0.6 is 0 Å². The summed E-state index contributed by atoms with van der Waals surface area (Å²) in [4.78, 5) is 13.0. The first-order valence-electron chi connectivity index (χ1n) is 9.67. The van der Waals surface area contributed by atoms with E-state index in [4.69, 9.17) is 0 Å². The van der Waals surface area contributed by atoms with E-state index in [-0.39, 0.29) is 5.78 Å². The van der Waals surface area contributed by atoms with Crippen molar-refractivity contribution in [3.63, 3.8) is 0 Å². The van der Waals surface area contributed by atoms with E-state index in [0.29, 0.717) is 16.8 Å². The van der Waals surface area contributed by atoms with Crippen molar-refractivity contribution in [2.75, 3.05) is 0 Å². The van der Waals surface area contributed by atoms with E-state index in [1.54, 1.807) is 13.0 Å². The third-order valence-corrected chi connectivity index (χ3v) is 5.12. The number of hydrogen-bond acceptors (Lipinski definition) is 4. The second-order valence-electron chi connectivity index (χ2n) is 6.99. The van der Waals surface area contributed by atoms with Gasteiger partial charge in [0.2, 0.25) is 0 Å². The fraction of sp³-hybridized carbons (Fsp3) is 0.0769. The normalized spacial score (nSPS) is 16.8. The van der Waals surface area contributed by atoms with Crippen LogP contribution in [0.3, 0.4) is 0 Å². The second kappa shape index (κ2) is 8.50. The van der Waals surface area contributed by atoms with Crippen LogP contribution in [0.2, 0.25) is 0 Å². The van der Waals surface area contributed by atoms with Crippen LogP contribution in [-0.2, 0) is 0 Å². The number of allylic oxidation sites excluding steroid dienone is 2. The van der Waals surface area contributed by atoms with E-state index in [2.05, 4.69) is 16.3 Å². The standard InChI is InChI=1S/C26H19N3O/c1-18(24-22(16-17-27)21-14-8-9-15-23(21)26(24)30)28-29-25(19-10-4-2-5-11-19)20-12-6-3-7-13-20/h2-16,24H,1H3/b22-16-,28-18-. The van der Waals surface area contributed by atoms with Crippen molar-refractivity contribution >= 4 is 22.8 Å². The minimum atomic E-state index is -0.599. The molecule has 3 aromatic rings. The van der Waals surface area contributed by atoms with Crippen molar-refractivity contribution in [1.29, 1.82) is 5.26 Å². The van der Waals surface area contributed by atoms with Gasteiger partial charge in [-0.25, -0.2) is 0 Å². The largest absolute Gasteiger partial charge is 0.293 e. The molecule has 30 heavy (non-hydrogen) atoms. The van der Waals surface area contributed by atoms with Crippen molar-refractivity contribution in [1.82, 2.24) is 0 Å². The molecule has 0 saturated heterocycles. The smallest absolute Gasteiger partial charge is 0.176 e. The fourth-order valence-electron chi connectivity index (χ4n) is 3.71. The molecule has 1 aliphatic rings. The zero-order valence-corrected chi connectivity index (χ0v) is 16.5. The summed E-state index contributed by atoms with van der Waals surface area (Å²) in [5, 5.41) is 18.2. The van der Waals surface area contributed by atoms with Crippen LogP contribution in [0.4, 0.5) is 0 Å². The van der Waals surface area contributed by atoms with Gasteiger partial charge in [-0.3, -0.25) is 4.79 Å². The number of carbonyl (C=O) groups is 1. The Morgan fingerprint density at radius 1 is 0.833 bits per heavy atom. The lowest BCUT2D eigenvalue weighted by atomic mass is 9.94. The number of hydrogen-bond donors (Lipinski definition) is 0. The maximum Gasteiger partial charge on any atom is 0.176 e. The highest BCUT2D eigenvalue weighted by atomic mass is 16.1. The molecule has 1 aliphatic carbocycles. The van der Waals surface area contributed by atoms with Gasteiger partial charge in [0.05, 0.1) is 17.7 Å². The van der Waals surface area contributed by atoms with Gasteiger partial charge in [0.25, 0.3) is 0 Å². The SMILES string of the molecule is C/C(=N/N=C(c1ccccc1)c1ccccc1)C1C(=O)c2ccccc2/C1=C/C#N. The number of nitrogens with zero attached hydrogens (tertiary/aromatic N) is 3. The first kappa shape index (κ1) is 19.2. The monoisotopic (exact) mass is 389 g/mol. The highest BCUT2D eigenvalue weighted by Crippen LogP contribution is 2.37. The highest BCUT2D eigenvalue weighted by molar-refractivity contribution is 6.25. The molecular formula is C26H19N3O. The van der Waals surface area contributed by atoms with E-state index in [9.17, 15) is 10.1 Å². The number of Topliss-reactive ketones (excluding diaryl/α,β-unsaturated/α-hetero) is 1. The molecule has 0 saturated carbocycles. The Morgan fingerprint density at radius 3 is 1.93 bits per heavy atom. The van der Waals surface area contributed by atoms with Gasteiger partial charge in [-0.15, -0.1) is 5.10 Å². The Bertz CT molecular complexity index is 1170. The molecule has 0 fully saturated rings. The molecule has 3 aromatic carbocycles. The van der Waals surface area contributed by atoms with Gasteiger partial charge < -0.3 is 0 Å². The highest BCUT2D eigenvalue weighted by Gasteiger charge is 2.36. The number of rotatable bonds is 4. The maximum absolute atomic E-state index is 13.0. The van der Waals surface area contributed by atoms with Crippen LogP contribution in [0.1, 0.15) is 34.0 Å². The third-order valence-electron chi connectivity index (χ3n) is 5.12. The summed E-state index contributed by atoms with van der Waals surface area (Å²) in [7, 11) is 0. The first-order chi connectivity index (χ1) is 14.7. The van der Waals surface area contributed by atoms with Crippen molar-refractivity contribution in [3.05, 3.63) is 113 Å². The van der Waals surface area contributed by atoms with Crippen LogP contribution in [0.5, 0.6) is 0 Å². The Labute approximate surface area is 175 Å². The third kappa shape index (κ3) is 3.61. The Balaban J connectivity index is 1.78.